The van der Waals surface area contributed by atoms with E-state index >= 15 is 0 Å². The Morgan fingerprint density at radius 3 is 2.47 bits per heavy atom. The second-order valence-corrected chi connectivity index (χ2v) is 3.77. The summed E-state index contributed by atoms with van der Waals surface area (Å²) in [4.78, 5) is 2.17. The molecule has 0 unspecified atom stereocenters. The molecule has 1 heterocycles. The van der Waals surface area contributed by atoms with Crippen LogP contribution in [-0.4, -0.2) is 33.1 Å². The van der Waals surface area contributed by atoms with E-state index in [1.54, 1.807) is 14.2 Å². The number of nitrogens with two attached hydrogens (primary N) is 1. The van der Waals surface area contributed by atoms with Gasteiger partial charge in [-0.05, 0) is 18.2 Å². The lowest BCUT2D eigenvalue weighted by molar-refractivity contribution is -0.219. The van der Waals surface area contributed by atoms with Crippen LogP contribution in [0.15, 0.2) is 24.3 Å². The summed E-state index contributed by atoms with van der Waals surface area (Å²) in [6.07, 6.45) is 0. The molecule has 1 aliphatic rings. The summed E-state index contributed by atoms with van der Waals surface area (Å²) in [5.74, 6) is -0.440. The van der Waals surface area contributed by atoms with E-state index in [1.807, 2.05) is 24.3 Å². The summed E-state index contributed by atoms with van der Waals surface area (Å²) in [6.45, 7) is 1.48. The minimum Gasteiger partial charge on any atom is -0.399 e. The third-order valence-electron chi connectivity index (χ3n) is 2.84. The van der Waals surface area contributed by atoms with Gasteiger partial charge in [-0.2, -0.15) is 0 Å². The van der Waals surface area contributed by atoms with Crippen molar-refractivity contribution in [2.24, 2.45) is 0 Å². The summed E-state index contributed by atoms with van der Waals surface area (Å²) in [5, 5.41) is 0. The second kappa shape index (κ2) is 3.72. The van der Waals surface area contributed by atoms with E-state index < -0.39 is 5.79 Å². The number of nitrogens with zero attached hydrogens (tertiary/aromatic N) is 1. The number of rotatable bonds is 3. The smallest absolute Gasteiger partial charge is 0.203 e. The molecule has 0 spiro atoms. The van der Waals surface area contributed by atoms with Crippen LogP contribution in [0.4, 0.5) is 11.4 Å². The van der Waals surface area contributed by atoms with Crippen molar-refractivity contribution in [3.05, 3.63) is 24.3 Å². The number of ether oxygens (including phenoxy) is 2. The molecule has 0 atom stereocenters. The molecule has 2 rings (SSSR count). The number of methoxy groups -OCH3 is 2. The third-order valence-corrected chi connectivity index (χ3v) is 2.84. The number of anilines is 2. The van der Waals surface area contributed by atoms with Gasteiger partial charge in [-0.1, -0.05) is 6.07 Å². The van der Waals surface area contributed by atoms with E-state index in [4.69, 9.17) is 15.2 Å². The van der Waals surface area contributed by atoms with Gasteiger partial charge in [-0.25, -0.2) is 0 Å². The van der Waals surface area contributed by atoms with Gasteiger partial charge in [0.15, 0.2) is 0 Å². The number of benzene rings is 1. The topological polar surface area (TPSA) is 47.7 Å². The van der Waals surface area contributed by atoms with Gasteiger partial charge >= 0.3 is 0 Å². The predicted molar refractivity (Wildman–Crippen MR) is 59.8 cm³/mol. The predicted octanol–water partition coefficient (Wildman–Crippen LogP) is 1.08. The molecule has 0 bridgehead atoms. The normalized spacial score (nSPS) is 18.7. The molecule has 1 fully saturated rings. The molecule has 0 radical (unpaired) electrons. The molecule has 1 aromatic carbocycles. The summed E-state index contributed by atoms with van der Waals surface area (Å²) < 4.78 is 10.6. The summed E-state index contributed by atoms with van der Waals surface area (Å²) in [5.41, 5.74) is 7.61. The zero-order valence-corrected chi connectivity index (χ0v) is 9.06. The highest BCUT2D eigenvalue weighted by Gasteiger charge is 2.43. The van der Waals surface area contributed by atoms with Crippen molar-refractivity contribution < 1.29 is 9.47 Å². The van der Waals surface area contributed by atoms with Crippen LogP contribution in [0.1, 0.15) is 0 Å². The molecule has 82 valence electrons. The average molecular weight is 208 g/mol. The van der Waals surface area contributed by atoms with Gasteiger partial charge in [-0.15, -0.1) is 0 Å². The molecule has 0 aliphatic carbocycles. The molecule has 4 heteroatoms. The summed E-state index contributed by atoms with van der Waals surface area (Å²) >= 11 is 0. The first-order valence-corrected chi connectivity index (χ1v) is 4.90. The highest BCUT2D eigenvalue weighted by atomic mass is 16.7. The second-order valence-electron chi connectivity index (χ2n) is 3.77. The first kappa shape index (κ1) is 10.3. The molecule has 0 aromatic heterocycles. The molecule has 4 nitrogen and oxygen atoms in total. The molecule has 1 aliphatic heterocycles. The van der Waals surface area contributed by atoms with Gasteiger partial charge in [0.1, 0.15) is 0 Å². The first-order valence-electron chi connectivity index (χ1n) is 4.90. The van der Waals surface area contributed by atoms with Crippen LogP contribution in [0.2, 0.25) is 0 Å². The van der Waals surface area contributed by atoms with Crippen molar-refractivity contribution in [1.82, 2.24) is 0 Å². The Bertz CT molecular complexity index is 342. The molecule has 1 saturated heterocycles. The van der Waals surface area contributed by atoms with Crippen molar-refractivity contribution in [3.63, 3.8) is 0 Å². The fourth-order valence-corrected chi connectivity index (χ4v) is 1.78. The van der Waals surface area contributed by atoms with Crippen LogP contribution >= 0.6 is 0 Å². The minimum absolute atomic E-state index is 0.440. The molecular formula is C11H16N2O2. The van der Waals surface area contributed by atoms with E-state index in [0.29, 0.717) is 0 Å². The molecule has 1 aromatic rings. The maximum atomic E-state index is 5.72. The Balaban J connectivity index is 2.05. The maximum Gasteiger partial charge on any atom is 0.203 e. The molecule has 0 saturated carbocycles. The van der Waals surface area contributed by atoms with Gasteiger partial charge in [0.25, 0.3) is 0 Å². The van der Waals surface area contributed by atoms with E-state index in [1.165, 1.54) is 0 Å². The molecule has 0 amide bonds. The maximum absolute atomic E-state index is 5.72. The van der Waals surface area contributed by atoms with Crippen molar-refractivity contribution in [1.29, 1.82) is 0 Å². The van der Waals surface area contributed by atoms with Crippen molar-refractivity contribution in [2.45, 2.75) is 5.79 Å². The first-order chi connectivity index (χ1) is 7.19. The molecule has 2 N–H and O–H groups in total. The summed E-state index contributed by atoms with van der Waals surface area (Å²) in [7, 11) is 3.33. The van der Waals surface area contributed by atoms with Crippen LogP contribution in [0.25, 0.3) is 0 Å². The Morgan fingerprint density at radius 1 is 1.27 bits per heavy atom. The van der Waals surface area contributed by atoms with E-state index in [9.17, 15) is 0 Å². The van der Waals surface area contributed by atoms with Crippen LogP contribution in [0.3, 0.4) is 0 Å². The Hall–Kier alpha value is -1.26. The Kier molecular flexibility index (Phi) is 2.54. The van der Waals surface area contributed by atoms with Gasteiger partial charge in [0, 0.05) is 25.6 Å². The quantitative estimate of drug-likeness (QED) is 0.596. The lowest BCUT2D eigenvalue weighted by Gasteiger charge is -2.48. The highest BCUT2D eigenvalue weighted by Crippen LogP contribution is 2.31. The minimum atomic E-state index is -0.440. The average Bonchev–Trinajstić information content (AvgIpc) is 2.18. The van der Waals surface area contributed by atoms with Crippen LogP contribution in [-0.2, 0) is 9.47 Å². The molecular weight excluding hydrogens is 192 g/mol. The van der Waals surface area contributed by atoms with Crippen LogP contribution in [0.5, 0.6) is 0 Å². The lowest BCUT2D eigenvalue weighted by atomic mass is 10.1. The van der Waals surface area contributed by atoms with Crippen molar-refractivity contribution >= 4 is 11.4 Å². The van der Waals surface area contributed by atoms with Gasteiger partial charge in [0.2, 0.25) is 5.79 Å². The number of hydrogen-bond acceptors (Lipinski definition) is 4. The third kappa shape index (κ3) is 1.78. The Morgan fingerprint density at radius 2 is 1.93 bits per heavy atom. The van der Waals surface area contributed by atoms with Crippen molar-refractivity contribution in [2.75, 3.05) is 37.9 Å². The van der Waals surface area contributed by atoms with E-state index in [-0.39, 0.29) is 0 Å². The van der Waals surface area contributed by atoms with Gasteiger partial charge in [0.05, 0.1) is 13.1 Å². The number of nitrogen functional groups attached to an aromatic ring is 1. The zero-order chi connectivity index (χ0) is 10.9. The number of hydrogen-bond donors (Lipinski definition) is 1. The fraction of sp³-hybridized carbons (Fsp3) is 0.455. The Labute approximate surface area is 89.6 Å². The van der Waals surface area contributed by atoms with E-state index in [2.05, 4.69) is 4.90 Å². The SMILES string of the molecule is COC1(OC)CN(c2cccc(N)c2)C1. The largest absolute Gasteiger partial charge is 0.399 e. The van der Waals surface area contributed by atoms with Crippen LogP contribution < -0.4 is 10.6 Å². The monoisotopic (exact) mass is 208 g/mol. The fourth-order valence-electron chi connectivity index (χ4n) is 1.78. The standard InChI is InChI=1S/C11H16N2O2/c1-14-11(15-2)7-13(8-11)10-5-3-4-9(12)6-10/h3-6H,7-8,12H2,1-2H3. The van der Waals surface area contributed by atoms with Crippen molar-refractivity contribution in [3.8, 4) is 0 Å². The van der Waals surface area contributed by atoms with Gasteiger partial charge < -0.3 is 20.1 Å². The zero-order valence-electron chi connectivity index (χ0n) is 9.06. The van der Waals surface area contributed by atoms with E-state index in [0.717, 1.165) is 24.5 Å². The summed E-state index contributed by atoms with van der Waals surface area (Å²) in [6, 6.07) is 7.81. The lowest BCUT2D eigenvalue weighted by Crippen LogP contribution is -2.64. The highest BCUT2D eigenvalue weighted by molar-refractivity contribution is 5.57. The van der Waals surface area contributed by atoms with Gasteiger partial charge in [-0.3, -0.25) is 0 Å². The molecule has 15 heavy (non-hydrogen) atoms. The van der Waals surface area contributed by atoms with Crippen LogP contribution in [0, 0.1) is 0 Å².